The summed E-state index contributed by atoms with van der Waals surface area (Å²) in [6.45, 7) is 1.92. The number of aromatic nitrogens is 2. The maximum atomic E-state index is 14.8. The van der Waals surface area contributed by atoms with Gasteiger partial charge in [0.05, 0.1) is 5.39 Å². The third-order valence-corrected chi connectivity index (χ3v) is 5.07. The average Bonchev–Trinajstić information content (AvgIpc) is 3.50. The Bertz CT molecular complexity index is 1020. The average molecular weight is 431 g/mol. The van der Waals surface area contributed by atoms with Gasteiger partial charge in [-0.25, -0.2) is 14.2 Å². The van der Waals surface area contributed by atoms with E-state index >= 15 is 0 Å². The summed E-state index contributed by atoms with van der Waals surface area (Å²) in [5, 5.41) is 18.2. The molecule has 0 spiro atoms. The van der Waals surface area contributed by atoms with Gasteiger partial charge in [-0.2, -0.15) is 13.2 Å². The van der Waals surface area contributed by atoms with Gasteiger partial charge in [-0.3, -0.25) is 4.79 Å². The van der Waals surface area contributed by atoms with Crippen molar-refractivity contribution in [2.24, 2.45) is 0 Å². The number of carboxylic acid groups (broad SMARTS) is 1. The maximum Gasteiger partial charge on any atom is 0.414 e. The Morgan fingerprint density at radius 2 is 2.07 bits per heavy atom. The first-order valence-electron chi connectivity index (χ1n) is 9.53. The van der Waals surface area contributed by atoms with E-state index in [4.69, 9.17) is 5.11 Å². The highest BCUT2D eigenvalue weighted by atomic mass is 19.4. The molecule has 164 valence electrons. The molecule has 1 saturated carbocycles. The molecule has 30 heavy (non-hydrogen) atoms. The lowest BCUT2D eigenvalue weighted by Crippen LogP contribution is -2.31. The van der Waals surface area contributed by atoms with Crippen molar-refractivity contribution in [1.82, 2.24) is 9.55 Å². The quantitative estimate of drug-likeness (QED) is 0.624. The topological polar surface area (TPSA) is 95.7 Å². The van der Waals surface area contributed by atoms with Crippen LogP contribution in [0.4, 0.5) is 23.4 Å². The number of aliphatic hydroxyl groups is 1. The van der Waals surface area contributed by atoms with E-state index in [-0.39, 0.29) is 42.4 Å². The number of pyridine rings is 2. The Labute approximate surface area is 168 Å². The number of fused-ring (bicyclic) bond motifs is 1. The molecule has 0 amide bonds. The van der Waals surface area contributed by atoms with Crippen molar-refractivity contribution < 1.29 is 32.6 Å². The zero-order valence-corrected chi connectivity index (χ0v) is 16.1. The lowest BCUT2D eigenvalue weighted by atomic mass is 10.1. The minimum absolute atomic E-state index is 0.0138. The van der Waals surface area contributed by atoms with Gasteiger partial charge in [-0.15, -0.1) is 0 Å². The van der Waals surface area contributed by atoms with E-state index in [0.717, 1.165) is 18.9 Å². The number of carbonyl (C=O) groups is 1. The summed E-state index contributed by atoms with van der Waals surface area (Å²) in [5.41, 5.74) is -1.18. The smallest absolute Gasteiger partial charge is 0.414 e. The van der Waals surface area contributed by atoms with Crippen LogP contribution in [0.3, 0.4) is 0 Å². The van der Waals surface area contributed by atoms with Gasteiger partial charge in [-0.1, -0.05) is 0 Å². The Balaban J connectivity index is 1.96. The molecule has 0 aromatic carbocycles. The predicted molar refractivity (Wildman–Crippen MR) is 100 cm³/mol. The van der Waals surface area contributed by atoms with E-state index in [2.05, 4.69) is 4.98 Å². The molecule has 1 unspecified atom stereocenters. The predicted octanol–water partition coefficient (Wildman–Crippen LogP) is 3.10. The zero-order chi connectivity index (χ0) is 22.2. The molecule has 2 heterocycles. The summed E-state index contributed by atoms with van der Waals surface area (Å²) >= 11 is 0. The molecule has 1 aliphatic rings. The van der Waals surface area contributed by atoms with Gasteiger partial charge in [0.2, 0.25) is 5.43 Å². The summed E-state index contributed by atoms with van der Waals surface area (Å²) in [4.78, 5) is 29.5. The van der Waals surface area contributed by atoms with Crippen molar-refractivity contribution in [3.8, 4) is 0 Å². The normalized spacial score (nSPS) is 15.4. The monoisotopic (exact) mass is 431 g/mol. The number of anilines is 1. The maximum absolute atomic E-state index is 14.8. The number of nitrogens with zero attached hydrogens (tertiary/aromatic N) is 3. The van der Waals surface area contributed by atoms with Crippen LogP contribution < -0.4 is 10.3 Å². The third kappa shape index (κ3) is 4.40. The molecule has 0 saturated heterocycles. The number of aromatic carboxylic acids is 1. The number of rotatable bonds is 8. The van der Waals surface area contributed by atoms with Crippen molar-refractivity contribution in [3.63, 3.8) is 0 Å². The van der Waals surface area contributed by atoms with Gasteiger partial charge in [-0.05, 0) is 38.7 Å². The largest absolute Gasteiger partial charge is 0.477 e. The van der Waals surface area contributed by atoms with Crippen LogP contribution in [-0.2, 0) is 0 Å². The van der Waals surface area contributed by atoms with E-state index in [0.29, 0.717) is 0 Å². The van der Waals surface area contributed by atoms with Crippen LogP contribution in [-0.4, -0.2) is 51.1 Å². The van der Waals surface area contributed by atoms with Crippen LogP contribution in [0.5, 0.6) is 0 Å². The number of hydrogen-bond acceptors (Lipinski definition) is 5. The second-order valence-corrected chi connectivity index (χ2v) is 7.26. The van der Waals surface area contributed by atoms with Crippen molar-refractivity contribution in [2.45, 2.75) is 50.9 Å². The van der Waals surface area contributed by atoms with E-state index in [1.807, 2.05) is 0 Å². The Morgan fingerprint density at radius 3 is 2.60 bits per heavy atom. The van der Waals surface area contributed by atoms with Crippen molar-refractivity contribution >= 4 is 22.8 Å². The molecule has 2 aromatic rings. The van der Waals surface area contributed by atoms with Gasteiger partial charge >= 0.3 is 12.1 Å². The van der Waals surface area contributed by atoms with Crippen LogP contribution in [0, 0.1) is 5.82 Å². The molecule has 11 heteroatoms. The number of carboxylic acids is 1. The number of aliphatic hydroxyl groups excluding tert-OH is 1. The molecule has 7 nitrogen and oxygen atoms in total. The zero-order valence-electron chi connectivity index (χ0n) is 16.1. The first-order chi connectivity index (χ1) is 14.0. The first-order valence-corrected chi connectivity index (χ1v) is 9.53. The summed E-state index contributed by atoms with van der Waals surface area (Å²) in [7, 11) is 0. The van der Waals surface area contributed by atoms with Gasteiger partial charge in [0.1, 0.15) is 17.3 Å². The second-order valence-electron chi connectivity index (χ2n) is 7.26. The van der Waals surface area contributed by atoms with Gasteiger partial charge < -0.3 is 19.7 Å². The summed E-state index contributed by atoms with van der Waals surface area (Å²) in [6, 6.07) is 0.882. The van der Waals surface area contributed by atoms with Crippen LogP contribution in [0.25, 0.3) is 11.0 Å². The molecule has 3 rings (SSSR count). The minimum atomic E-state index is -4.72. The fourth-order valence-electron chi connectivity index (χ4n) is 3.30. The Kier molecular flexibility index (Phi) is 6.02. The van der Waals surface area contributed by atoms with Crippen LogP contribution >= 0.6 is 0 Å². The van der Waals surface area contributed by atoms with E-state index < -0.39 is 41.5 Å². The standard InChI is InChI=1S/C19H21F4N3O4/c1-2-25(7-3-4-14(27)19(21,22)23)17-13(20)8-11-15(28)12(18(29)30)9-26(10-5-6-10)16(11)24-17/h8-10,14,27H,2-7H2,1H3,(H,29,30). The fourth-order valence-corrected chi connectivity index (χ4v) is 3.30. The van der Waals surface area contributed by atoms with Crippen LogP contribution in [0.15, 0.2) is 17.1 Å². The minimum Gasteiger partial charge on any atom is -0.477 e. The van der Waals surface area contributed by atoms with E-state index in [9.17, 15) is 32.3 Å². The number of hydrogen-bond donors (Lipinski definition) is 2. The Hall–Kier alpha value is -2.69. The van der Waals surface area contributed by atoms with Gasteiger partial charge in [0.25, 0.3) is 0 Å². The third-order valence-electron chi connectivity index (χ3n) is 5.07. The lowest BCUT2D eigenvalue weighted by Gasteiger charge is -2.24. The molecule has 2 N–H and O–H groups in total. The first kappa shape index (κ1) is 22.0. The number of halogens is 4. The fraction of sp³-hybridized carbons (Fsp3) is 0.526. The molecule has 0 bridgehead atoms. The lowest BCUT2D eigenvalue weighted by molar-refractivity contribution is -0.205. The SMILES string of the molecule is CCN(CCCC(O)C(F)(F)F)c1nc2c(cc1F)c(=O)c(C(=O)O)cn2C1CC1. The molecule has 0 aliphatic heterocycles. The summed E-state index contributed by atoms with van der Waals surface area (Å²) < 4.78 is 53.7. The molecular formula is C19H21F4N3O4. The molecule has 1 fully saturated rings. The Morgan fingerprint density at radius 1 is 1.40 bits per heavy atom. The molecule has 1 atom stereocenters. The molecule has 2 aromatic heterocycles. The highest BCUT2D eigenvalue weighted by Crippen LogP contribution is 2.37. The molecule has 1 aliphatic carbocycles. The summed E-state index contributed by atoms with van der Waals surface area (Å²) in [6.07, 6.45) is -5.04. The molecule has 0 radical (unpaired) electrons. The van der Waals surface area contributed by atoms with Crippen molar-refractivity contribution in [2.75, 3.05) is 18.0 Å². The van der Waals surface area contributed by atoms with Crippen molar-refractivity contribution in [3.05, 3.63) is 33.9 Å². The highest BCUT2D eigenvalue weighted by molar-refractivity contribution is 5.92. The molecular weight excluding hydrogens is 410 g/mol. The van der Waals surface area contributed by atoms with E-state index in [1.54, 1.807) is 11.5 Å². The van der Waals surface area contributed by atoms with Gasteiger partial charge in [0.15, 0.2) is 11.6 Å². The van der Waals surface area contributed by atoms with Gasteiger partial charge in [0, 0.05) is 25.3 Å². The number of alkyl halides is 3. The van der Waals surface area contributed by atoms with E-state index in [1.165, 1.54) is 11.1 Å². The summed E-state index contributed by atoms with van der Waals surface area (Å²) in [5.74, 6) is -2.43. The highest BCUT2D eigenvalue weighted by Gasteiger charge is 2.37. The second kappa shape index (κ2) is 8.21. The van der Waals surface area contributed by atoms with Crippen molar-refractivity contribution in [1.29, 1.82) is 0 Å². The van der Waals surface area contributed by atoms with Crippen LogP contribution in [0.1, 0.15) is 49.0 Å². The van der Waals surface area contributed by atoms with Crippen LogP contribution in [0.2, 0.25) is 0 Å².